The number of para-hydroxylation sites is 1. The van der Waals surface area contributed by atoms with E-state index in [2.05, 4.69) is 15.4 Å². The molecule has 1 aliphatic heterocycles. The molecule has 0 radical (unpaired) electrons. The second-order valence-corrected chi connectivity index (χ2v) is 6.66. The Bertz CT molecular complexity index is 1040. The molecule has 0 amide bonds. The molecule has 0 aliphatic carbocycles. The van der Waals surface area contributed by atoms with Crippen molar-refractivity contribution < 1.29 is 9.94 Å². The first kappa shape index (κ1) is 17.1. The molecule has 8 nitrogen and oxygen atoms in total. The number of benzene rings is 2. The molecule has 3 N–H and O–H groups in total. The normalized spacial score (nSPS) is 13.8. The Labute approximate surface area is 159 Å². The van der Waals surface area contributed by atoms with Crippen LogP contribution in [0.4, 0.5) is 0 Å². The predicted molar refractivity (Wildman–Crippen MR) is 104 cm³/mol. The SMILES string of the molecule is COc1ccccc1-c1nnc2n1N=C(c1ccc(C(N)=NO)cc1)CS2. The van der Waals surface area contributed by atoms with E-state index < -0.39 is 0 Å². The third-order valence-corrected chi connectivity index (χ3v) is 5.07. The third-order valence-electron chi connectivity index (χ3n) is 4.14. The van der Waals surface area contributed by atoms with E-state index in [4.69, 9.17) is 20.8 Å². The van der Waals surface area contributed by atoms with Crippen molar-refractivity contribution in [2.24, 2.45) is 16.0 Å². The number of aromatic nitrogens is 3. The molecule has 9 heteroatoms. The zero-order chi connectivity index (χ0) is 18.8. The highest BCUT2D eigenvalue weighted by Gasteiger charge is 2.22. The van der Waals surface area contributed by atoms with Gasteiger partial charge in [0.15, 0.2) is 11.7 Å². The molecule has 0 atom stereocenters. The topological polar surface area (TPSA) is 111 Å². The van der Waals surface area contributed by atoms with Crippen LogP contribution in [0.3, 0.4) is 0 Å². The van der Waals surface area contributed by atoms with Crippen molar-refractivity contribution in [1.82, 2.24) is 14.9 Å². The van der Waals surface area contributed by atoms with E-state index in [1.807, 2.05) is 36.4 Å². The van der Waals surface area contributed by atoms with Gasteiger partial charge in [-0.3, -0.25) is 0 Å². The van der Waals surface area contributed by atoms with Crippen LogP contribution < -0.4 is 10.5 Å². The lowest BCUT2D eigenvalue weighted by atomic mass is 10.1. The van der Waals surface area contributed by atoms with Gasteiger partial charge in [0.1, 0.15) is 5.75 Å². The fourth-order valence-corrected chi connectivity index (χ4v) is 3.60. The lowest BCUT2D eigenvalue weighted by Gasteiger charge is -2.15. The van der Waals surface area contributed by atoms with E-state index in [1.54, 1.807) is 35.7 Å². The molecule has 27 heavy (non-hydrogen) atoms. The van der Waals surface area contributed by atoms with Gasteiger partial charge in [0.05, 0.1) is 18.4 Å². The zero-order valence-electron chi connectivity index (χ0n) is 14.4. The highest BCUT2D eigenvalue weighted by atomic mass is 32.2. The van der Waals surface area contributed by atoms with Crippen molar-refractivity contribution in [3.63, 3.8) is 0 Å². The molecule has 4 rings (SSSR count). The van der Waals surface area contributed by atoms with Gasteiger partial charge in [-0.05, 0) is 17.7 Å². The fraction of sp³-hybridized carbons (Fsp3) is 0.111. The predicted octanol–water partition coefficient (Wildman–Crippen LogP) is 2.41. The summed E-state index contributed by atoms with van der Waals surface area (Å²) >= 11 is 1.56. The largest absolute Gasteiger partial charge is 0.496 e. The Morgan fingerprint density at radius 3 is 2.70 bits per heavy atom. The molecule has 0 spiro atoms. The van der Waals surface area contributed by atoms with E-state index in [0.29, 0.717) is 22.9 Å². The average Bonchev–Trinajstić information content (AvgIpc) is 3.16. The molecule has 2 heterocycles. The maximum absolute atomic E-state index is 8.78. The minimum absolute atomic E-state index is 0.0704. The fourth-order valence-electron chi connectivity index (χ4n) is 2.76. The number of nitrogens with two attached hydrogens (primary N) is 1. The number of hydrogen-bond acceptors (Lipinski definition) is 7. The lowest BCUT2D eigenvalue weighted by Crippen LogP contribution is -2.15. The monoisotopic (exact) mass is 380 g/mol. The highest BCUT2D eigenvalue weighted by Crippen LogP contribution is 2.33. The second-order valence-electron chi connectivity index (χ2n) is 5.72. The summed E-state index contributed by atoms with van der Waals surface area (Å²) in [6.07, 6.45) is 0. The number of fused-ring (bicyclic) bond motifs is 1. The van der Waals surface area contributed by atoms with Crippen LogP contribution in [0.5, 0.6) is 5.75 Å². The van der Waals surface area contributed by atoms with Crippen LogP contribution in [0.1, 0.15) is 11.1 Å². The van der Waals surface area contributed by atoms with Crippen molar-refractivity contribution in [2.45, 2.75) is 5.16 Å². The number of rotatable bonds is 4. The molecule has 2 aromatic carbocycles. The standard InChI is InChI=1S/C18H16N6O2S/c1-26-15-5-3-2-4-13(15)17-20-21-18-24(17)22-14(10-27-18)11-6-8-12(9-7-11)16(19)23-25/h2-9,25H,10H2,1H3,(H2,19,23). The maximum atomic E-state index is 8.78. The smallest absolute Gasteiger partial charge is 0.212 e. The average molecular weight is 380 g/mol. The summed E-state index contributed by atoms with van der Waals surface area (Å²) in [5.74, 6) is 2.08. The molecule has 3 aromatic rings. The van der Waals surface area contributed by atoms with Crippen LogP contribution in [0.15, 0.2) is 63.9 Å². The van der Waals surface area contributed by atoms with Gasteiger partial charge in [0.25, 0.3) is 0 Å². The van der Waals surface area contributed by atoms with Crippen molar-refractivity contribution in [3.8, 4) is 17.1 Å². The molecule has 0 bridgehead atoms. The van der Waals surface area contributed by atoms with Gasteiger partial charge in [0.2, 0.25) is 5.16 Å². The van der Waals surface area contributed by atoms with Crippen molar-refractivity contribution in [3.05, 3.63) is 59.7 Å². The van der Waals surface area contributed by atoms with Gasteiger partial charge in [-0.2, -0.15) is 9.78 Å². The Balaban J connectivity index is 1.74. The number of oxime groups is 1. The minimum atomic E-state index is 0.0704. The highest BCUT2D eigenvalue weighted by molar-refractivity contribution is 7.99. The van der Waals surface area contributed by atoms with Gasteiger partial charge in [0, 0.05) is 11.3 Å². The first-order chi connectivity index (χ1) is 13.2. The van der Waals surface area contributed by atoms with Crippen LogP contribution in [-0.2, 0) is 0 Å². The Kier molecular flexibility index (Phi) is 4.51. The van der Waals surface area contributed by atoms with Crippen molar-refractivity contribution in [1.29, 1.82) is 0 Å². The summed E-state index contributed by atoms with van der Waals surface area (Å²) in [5.41, 5.74) is 8.92. The molecule has 0 unspecified atom stereocenters. The first-order valence-electron chi connectivity index (χ1n) is 8.09. The Morgan fingerprint density at radius 1 is 1.19 bits per heavy atom. The zero-order valence-corrected chi connectivity index (χ0v) is 15.2. The number of ether oxygens (including phenoxy) is 1. The number of amidine groups is 1. The number of hydrogen-bond donors (Lipinski definition) is 2. The van der Waals surface area contributed by atoms with E-state index in [-0.39, 0.29) is 5.84 Å². The van der Waals surface area contributed by atoms with Gasteiger partial charge in [-0.25, -0.2) is 0 Å². The number of nitrogens with zero attached hydrogens (tertiary/aromatic N) is 5. The van der Waals surface area contributed by atoms with Crippen LogP contribution >= 0.6 is 11.8 Å². The van der Waals surface area contributed by atoms with E-state index in [1.165, 1.54) is 0 Å². The molecule has 0 fully saturated rings. The molecule has 0 saturated carbocycles. The third kappa shape index (κ3) is 3.13. The summed E-state index contributed by atoms with van der Waals surface area (Å²) in [5, 5.41) is 25.8. The van der Waals surface area contributed by atoms with Crippen LogP contribution in [0, 0.1) is 0 Å². The van der Waals surface area contributed by atoms with Crippen LogP contribution in [-0.4, -0.2) is 44.5 Å². The van der Waals surface area contributed by atoms with Crippen LogP contribution in [0.25, 0.3) is 11.4 Å². The van der Waals surface area contributed by atoms with Gasteiger partial charge < -0.3 is 15.7 Å². The summed E-state index contributed by atoms with van der Waals surface area (Å²) in [7, 11) is 1.62. The quantitative estimate of drug-likeness (QED) is 0.311. The molecular formula is C18H16N6O2S. The molecule has 0 saturated heterocycles. The number of thioether (sulfide) groups is 1. The molecule has 1 aliphatic rings. The Morgan fingerprint density at radius 2 is 1.96 bits per heavy atom. The van der Waals surface area contributed by atoms with Gasteiger partial charge >= 0.3 is 0 Å². The van der Waals surface area contributed by atoms with E-state index in [0.717, 1.165) is 22.0 Å². The second kappa shape index (κ2) is 7.12. The number of methoxy groups -OCH3 is 1. The van der Waals surface area contributed by atoms with Gasteiger partial charge in [-0.15, -0.1) is 10.2 Å². The molecule has 1 aromatic heterocycles. The summed E-state index contributed by atoms with van der Waals surface area (Å²) in [6, 6.07) is 15.0. The Hall–Kier alpha value is -3.33. The summed E-state index contributed by atoms with van der Waals surface area (Å²) in [6.45, 7) is 0. The van der Waals surface area contributed by atoms with E-state index >= 15 is 0 Å². The molecule has 136 valence electrons. The van der Waals surface area contributed by atoms with Crippen molar-refractivity contribution >= 4 is 23.3 Å². The summed E-state index contributed by atoms with van der Waals surface area (Å²) < 4.78 is 7.17. The van der Waals surface area contributed by atoms with Crippen molar-refractivity contribution in [2.75, 3.05) is 12.9 Å². The lowest BCUT2D eigenvalue weighted by molar-refractivity contribution is 0.318. The minimum Gasteiger partial charge on any atom is -0.496 e. The van der Waals surface area contributed by atoms with Gasteiger partial charge in [-0.1, -0.05) is 53.3 Å². The van der Waals surface area contributed by atoms with Crippen LogP contribution in [0.2, 0.25) is 0 Å². The maximum Gasteiger partial charge on any atom is 0.212 e. The molecular weight excluding hydrogens is 364 g/mol. The van der Waals surface area contributed by atoms with E-state index in [9.17, 15) is 0 Å². The first-order valence-corrected chi connectivity index (χ1v) is 9.07. The summed E-state index contributed by atoms with van der Waals surface area (Å²) in [4.78, 5) is 0.